The third kappa shape index (κ3) is 4.55. The highest BCUT2D eigenvalue weighted by Crippen LogP contribution is 2.39. The second-order valence-electron chi connectivity index (χ2n) is 7.18. The normalized spacial score (nSPS) is 18.1. The Morgan fingerprint density at radius 3 is 2.39 bits per heavy atom. The van der Waals surface area contributed by atoms with Crippen molar-refractivity contribution in [3.05, 3.63) is 94.0 Å². The van der Waals surface area contributed by atoms with Gasteiger partial charge in [-0.3, -0.25) is 5.32 Å². The first-order valence-corrected chi connectivity index (χ1v) is 11.0. The minimum Gasteiger partial charge on any atom is -0.504 e. The molecule has 160 valence electrons. The van der Waals surface area contributed by atoms with Gasteiger partial charge in [0.05, 0.1) is 19.8 Å². The van der Waals surface area contributed by atoms with Crippen molar-refractivity contribution in [3.63, 3.8) is 0 Å². The second-order valence-corrected chi connectivity index (χ2v) is 8.09. The molecule has 0 saturated heterocycles. The topological polar surface area (TPSA) is 62.8 Å². The summed E-state index contributed by atoms with van der Waals surface area (Å²) in [5.41, 5.74) is 3.75. The van der Waals surface area contributed by atoms with E-state index in [1.165, 1.54) is 0 Å². The van der Waals surface area contributed by atoms with Crippen LogP contribution in [0.15, 0.2) is 77.3 Å². The third-order valence-corrected chi connectivity index (χ3v) is 5.78. The number of para-hydroxylation sites is 2. The molecule has 6 heteroatoms. The van der Waals surface area contributed by atoms with Gasteiger partial charge in [0.15, 0.2) is 11.5 Å². The first-order valence-electron chi connectivity index (χ1n) is 10.2. The van der Waals surface area contributed by atoms with E-state index in [4.69, 9.17) is 9.47 Å². The summed E-state index contributed by atoms with van der Waals surface area (Å²) in [5.74, 6) is 1.41. The van der Waals surface area contributed by atoms with Gasteiger partial charge in [-0.25, -0.2) is 0 Å². The van der Waals surface area contributed by atoms with Crippen molar-refractivity contribution in [3.8, 4) is 17.2 Å². The first kappa shape index (κ1) is 21.3. The van der Waals surface area contributed by atoms with E-state index in [1.807, 2.05) is 55.5 Å². The van der Waals surface area contributed by atoms with E-state index in [9.17, 15) is 5.11 Å². The Bertz CT molecular complexity index is 1080. The highest BCUT2D eigenvalue weighted by Gasteiger charge is 2.28. The summed E-state index contributed by atoms with van der Waals surface area (Å²) in [6, 6.07) is 21.4. The zero-order chi connectivity index (χ0) is 21.8. The van der Waals surface area contributed by atoms with Crippen LogP contribution in [0.4, 0.5) is 0 Å². The summed E-state index contributed by atoms with van der Waals surface area (Å²) in [4.78, 5) is 0. The standard InChI is InChI=1S/C25H25BrN2O3/c1-3-31-23-10-6-8-18(24(23)29)21-15-20(16-11-13-17(26)14-12-16)27-25(28-21)19-7-4-5-9-22(19)30-2/h4-15,21,25,27-29H,3H2,1-2H3. The van der Waals surface area contributed by atoms with Crippen LogP contribution in [0.3, 0.4) is 0 Å². The number of hydrogen-bond donors (Lipinski definition) is 3. The van der Waals surface area contributed by atoms with Crippen molar-refractivity contribution in [1.29, 1.82) is 0 Å². The van der Waals surface area contributed by atoms with Crippen molar-refractivity contribution < 1.29 is 14.6 Å². The van der Waals surface area contributed by atoms with Gasteiger partial charge >= 0.3 is 0 Å². The van der Waals surface area contributed by atoms with Gasteiger partial charge in [0.2, 0.25) is 0 Å². The maximum Gasteiger partial charge on any atom is 0.162 e. The van der Waals surface area contributed by atoms with Crippen LogP contribution in [-0.2, 0) is 0 Å². The summed E-state index contributed by atoms with van der Waals surface area (Å²) in [7, 11) is 1.67. The van der Waals surface area contributed by atoms with Crippen LogP contribution < -0.4 is 20.1 Å². The number of nitrogens with one attached hydrogen (secondary N) is 2. The molecule has 0 radical (unpaired) electrons. The minimum absolute atomic E-state index is 0.147. The van der Waals surface area contributed by atoms with Crippen LogP contribution >= 0.6 is 15.9 Å². The maximum absolute atomic E-state index is 10.9. The lowest BCUT2D eigenvalue weighted by molar-refractivity contribution is 0.314. The fourth-order valence-corrected chi connectivity index (χ4v) is 4.03. The van der Waals surface area contributed by atoms with Crippen molar-refractivity contribution >= 4 is 21.6 Å². The number of benzene rings is 3. The number of ether oxygens (including phenoxy) is 2. The lowest BCUT2D eigenvalue weighted by Crippen LogP contribution is -2.39. The van der Waals surface area contributed by atoms with Crippen LogP contribution in [0.25, 0.3) is 5.70 Å². The van der Waals surface area contributed by atoms with Gasteiger partial charge in [-0.05, 0) is 42.8 Å². The minimum atomic E-state index is -0.241. The van der Waals surface area contributed by atoms with E-state index in [1.54, 1.807) is 13.2 Å². The molecule has 0 bridgehead atoms. The Morgan fingerprint density at radius 1 is 0.935 bits per heavy atom. The number of halogens is 1. The Labute approximate surface area is 190 Å². The van der Waals surface area contributed by atoms with Gasteiger partial charge < -0.3 is 19.9 Å². The molecule has 5 nitrogen and oxygen atoms in total. The fraction of sp³-hybridized carbons (Fsp3) is 0.200. The van der Waals surface area contributed by atoms with Crippen LogP contribution in [0.2, 0.25) is 0 Å². The lowest BCUT2D eigenvalue weighted by Gasteiger charge is -2.34. The Balaban J connectivity index is 1.79. The van der Waals surface area contributed by atoms with E-state index in [0.29, 0.717) is 12.4 Å². The molecule has 1 heterocycles. The van der Waals surface area contributed by atoms with Gasteiger partial charge in [-0.15, -0.1) is 0 Å². The van der Waals surface area contributed by atoms with Gasteiger partial charge in [0.25, 0.3) is 0 Å². The molecule has 2 unspecified atom stereocenters. The van der Waals surface area contributed by atoms with Gasteiger partial charge in [0, 0.05) is 21.3 Å². The van der Waals surface area contributed by atoms with Gasteiger partial charge in [-0.1, -0.05) is 58.4 Å². The predicted molar refractivity (Wildman–Crippen MR) is 126 cm³/mol. The molecule has 0 aromatic heterocycles. The summed E-state index contributed by atoms with van der Waals surface area (Å²) < 4.78 is 12.2. The Morgan fingerprint density at radius 2 is 1.65 bits per heavy atom. The summed E-state index contributed by atoms with van der Waals surface area (Å²) >= 11 is 3.50. The van der Waals surface area contributed by atoms with Gasteiger partial charge in [-0.2, -0.15) is 0 Å². The molecular weight excluding hydrogens is 456 g/mol. The summed E-state index contributed by atoms with van der Waals surface area (Å²) in [6.07, 6.45) is 1.86. The quantitative estimate of drug-likeness (QED) is 0.432. The molecule has 2 atom stereocenters. The van der Waals surface area contributed by atoms with E-state index < -0.39 is 0 Å². The molecule has 0 amide bonds. The smallest absolute Gasteiger partial charge is 0.162 e. The maximum atomic E-state index is 10.9. The van der Waals surface area contributed by atoms with E-state index in [0.717, 1.165) is 32.6 Å². The SMILES string of the molecule is CCOc1cccc(C2C=C(c3ccc(Br)cc3)NC(c3ccccc3OC)N2)c1O. The van der Waals surface area contributed by atoms with E-state index >= 15 is 0 Å². The second kappa shape index (κ2) is 9.45. The van der Waals surface area contributed by atoms with Crippen molar-refractivity contribution in [2.24, 2.45) is 0 Å². The zero-order valence-corrected chi connectivity index (χ0v) is 19.0. The fourth-order valence-electron chi connectivity index (χ4n) is 3.76. The molecule has 3 aromatic rings. The number of hydrogen-bond acceptors (Lipinski definition) is 5. The zero-order valence-electron chi connectivity index (χ0n) is 17.4. The van der Waals surface area contributed by atoms with Crippen molar-refractivity contribution in [2.45, 2.75) is 19.1 Å². The summed E-state index contributed by atoms with van der Waals surface area (Å²) in [6.45, 7) is 2.39. The largest absolute Gasteiger partial charge is 0.504 e. The molecule has 1 aliphatic heterocycles. The number of phenolic OH excluding ortho intramolecular Hbond substituents is 1. The molecule has 1 aliphatic rings. The number of aromatic hydroxyl groups is 1. The highest BCUT2D eigenvalue weighted by molar-refractivity contribution is 9.10. The van der Waals surface area contributed by atoms with E-state index in [2.05, 4.69) is 44.8 Å². The summed E-state index contributed by atoms with van der Waals surface area (Å²) in [5, 5.41) is 18.0. The highest BCUT2D eigenvalue weighted by atomic mass is 79.9. The molecule has 0 fully saturated rings. The Hall–Kier alpha value is -2.96. The molecule has 0 saturated carbocycles. The number of methoxy groups -OCH3 is 1. The molecule has 4 rings (SSSR count). The van der Waals surface area contributed by atoms with Crippen LogP contribution in [0.1, 0.15) is 35.8 Å². The monoisotopic (exact) mass is 480 g/mol. The number of rotatable bonds is 6. The van der Waals surface area contributed by atoms with Crippen molar-refractivity contribution in [1.82, 2.24) is 10.6 Å². The molecule has 0 aliphatic carbocycles. The molecule has 31 heavy (non-hydrogen) atoms. The molecule has 3 N–H and O–H groups in total. The molecule has 0 spiro atoms. The number of phenols is 1. The lowest BCUT2D eigenvalue weighted by atomic mass is 9.97. The van der Waals surface area contributed by atoms with Crippen LogP contribution in [0.5, 0.6) is 17.2 Å². The van der Waals surface area contributed by atoms with Gasteiger partial charge in [0.1, 0.15) is 11.9 Å². The average Bonchev–Trinajstić information content (AvgIpc) is 2.80. The molecular formula is C25H25BrN2O3. The van der Waals surface area contributed by atoms with Crippen molar-refractivity contribution in [2.75, 3.05) is 13.7 Å². The van der Waals surface area contributed by atoms with E-state index in [-0.39, 0.29) is 18.0 Å². The third-order valence-electron chi connectivity index (χ3n) is 5.25. The average molecular weight is 481 g/mol. The first-order chi connectivity index (χ1) is 15.1. The predicted octanol–water partition coefficient (Wildman–Crippen LogP) is 5.54. The van der Waals surface area contributed by atoms with Crippen LogP contribution in [-0.4, -0.2) is 18.8 Å². The molecule has 3 aromatic carbocycles. The van der Waals surface area contributed by atoms with Crippen LogP contribution in [0, 0.1) is 0 Å². The Kier molecular flexibility index (Phi) is 6.49.